The first-order chi connectivity index (χ1) is 5.67. The number of nitrogens with one attached hydrogen (secondary N) is 1. The van der Waals surface area contributed by atoms with E-state index in [0.29, 0.717) is 5.96 Å². The van der Waals surface area contributed by atoms with Gasteiger partial charge in [0.15, 0.2) is 0 Å². The minimum absolute atomic E-state index is 0.641. The number of rotatable bonds is 4. The first kappa shape index (κ1) is 11.4. The lowest BCUT2D eigenvalue weighted by Crippen LogP contribution is -2.45. The van der Waals surface area contributed by atoms with Crippen LogP contribution in [0.4, 0.5) is 0 Å². The summed E-state index contributed by atoms with van der Waals surface area (Å²) in [5, 5.41) is 7.81. The van der Waals surface area contributed by atoms with Crippen LogP contribution in [0.3, 0.4) is 0 Å². The molecule has 0 aromatic rings. The Hall–Kier alpha value is -0.570. The first-order valence-corrected chi connectivity index (χ1v) is 4.71. The van der Waals surface area contributed by atoms with Gasteiger partial charge >= 0.3 is 5.96 Å². The second-order valence-corrected chi connectivity index (χ2v) is 2.92. The van der Waals surface area contributed by atoms with Crippen LogP contribution in [-0.4, -0.2) is 37.5 Å². The molecule has 1 N–H and O–H groups in total. The highest BCUT2D eigenvalue weighted by molar-refractivity contribution is 5.78. The lowest BCUT2D eigenvalue weighted by Gasteiger charge is -2.20. The fourth-order valence-corrected chi connectivity index (χ4v) is 1.07. The molecular weight excluding hydrogens is 150 g/mol. The van der Waals surface area contributed by atoms with Crippen LogP contribution in [0, 0.1) is 5.41 Å². The maximum Gasteiger partial charge on any atom is 0.346 e. The maximum atomic E-state index is 7.81. The summed E-state index contributed by atoms with van der Waals surface area (Å²) in [6.07, 6.45) is 1.10. The van der Waals surface area contributed by atoms with E-state index in [1.807, 2.05) is 11.9 Å². The number of hydrogen-bond donors (Lipinski definition) is 1. The molecule has 0 saturated heterocycles. The normalized spacial score (nSPS) is 10.4. The average molecular weight is 171 g/mol. The minimum atomic E-state index is 0.641. The summed E-state index contributed by atoms with van der Waals surface area (Å²) in [5.41, 5.74) is 0. The molecule has 0 spiro atoms. The van der Waals surface area contributed by atoms with E-state index >= 15 is 0 Å². The smallest absolute Gasteiger partial charge is 0.308 e. The monoisotopic (exact) mass is 171 g/mol. The van der Waals surface area contributed by atoms with Crippen molar-refractivity contribution >= 4 is 5.96 Å². The van der Waals surface area contributed by atoms with Crippen molar-refractivity contribution in [2.24, 2.45) is 0 Å². The molecule has 12 heavy (non-hydrogen) atoms. The Balaban J connectivity index is 4.01. The Morgan fingerprint density at radius 1 is 1.33 bits per heavy atom. The van der Waals surface area contributed by atoms with E-state index in [0.717, 1.165) is 26.1 Å². The summed E-state index contributed by atoms with van der Waals surface area (Å²) in [4.78, 5) is 4.04. The van der Waals surface area contributed by atoms with Crippen LogP contribution in [0.25, 0.3) is 0 Å². The maximum absolute atomic E-state index is 7.81. The van der Waals surface area contributed by atoms with Gasteiger partial charge in [0.1, 0.15) is 13.6 Å². The van der Waals surface area contributed by atoms with Crippen molar-refractivity contribution in [3.63, 3.8) is 0 Å². The molecule has 0 fully saturated rings. The average Bonchev–Trinajstić information content (AvgIpc) is 2.11. The minimum Gasteiger partial charge on any atom is -0.308 e. The Morgan fingerprint density at radius 2 is 1.92 bits per heavy atom. The molecule has 0 unspecified atom stereocenters. The van der Waals surface area contributed by atoms with Gasteiger partial charge in [0.2, 0.25) is 0 Å². The van der Waals surface area contributed by atoms with Crippen molar-refractivity contribution in [2.45, 2.75) is 27.2 Å². The van der Waals surface area contributed by atoms with E-state index < -0.39 is 0 Å². The van der Waals surface area contributed by atoms with Crippen LogP contribution >= 0.6 is 0 Å². The van der Waals surface area contributed by atoms with Gasteiger partial charge in [-0.25, -0.2) is 5.41 Å². The molecule has 3 nitrogen and oxygen atoms in total. The number of guanidine groups is 1. The molecule has 0 aliphatic rings. The topological polar surface area (TPSA) is 33.0 Å². The van der Waals surface area contributed by atoms with Crippen LogP contribution in [0.15, 0.2) is 0 Å². The second-order valence-electron chi connectivity index (χ2n) is 2.92. The van der Waals surface area contributed by atoms with E-state index in [1.165, 1.54) is 0 Å². The zero-order chi connectivity index (χ0) is 9.56. The Labute approximate surface area is 75.9 Å². The molecule has 0 atom stereocenters. The zero-order valence-corrected chi connectivity index (χ0v) is 8.72. The summed E-state index contributed by atoms with van der Waals surface area (Å²) in [6.45, 7) is 9.11. The van der Waals surface area contributed by atoms with E-state index in [-0.39, 0.29) is 0 Å². The Bertz CT molecular complexity index is 134. The van der Waals surface area contributed by atoms with Crippen molar-refractivity contribution < 1.29 is 0 Å². The van der Waals surface area contributed by atoms with Crippen LogP contribution in [0.2, 0.25) is 0 Å². The van der Waals surface area contributed by atoms with Gasteiger partial charge in [-0.2, -0.15) is 0 Å². The highest BCUT2D eigenvalue weighted by atomic mass is 15.3. The van der Waals surface area contributed by atoms with Crippen molar-refractivity contribution in [3.8, 4) is 0 Å². The molecule has 0 aliphatic heterocycles. The molecule has 0 amide bonds. The van der Waals surface area contributed by atoms with Crippen molar-refractivity contribution in [3.05, 3.63) is 0 Å². The molecule has 0 bridgehead atoms. The van der Waals surface area contributed by atoms with E-state index in [4.69, 9.17) is 5.41 Å². The van der Waals surface area contributed by atoms with Crippen molar-refractivity contribution in [2.75, 3.05) is 26.7 Å². The zero-order valence-electron chi connectivity index (χ0n) is 8.72. The highest BCUT2D eigenvalue weighted by Crippen LogP contribution is 1.94. The van der Waals surface area contributed by atoms with Crippen molar-refractivity contribution in [1.82, 2.24) is 9.80 Å². The molecule has 0 aromatic heterocycles. The van der Waals surface area contributed by atoms with E-state index in [2.05, 4.69) is 25.7 Å². The summed E-state index contributed by atoms with van der Waals surface area (Å²) < 4.78 is 0. The summed E-state index contributed by atoms with van der Waals surface area (Å²) in [6, 6.07) is 0. The van der Waals surface area contributed by atoms with Gasteiger partial charge in [-0.3, -0.25) is 0 Å². The molecule has 71 valence electrons. The highest BCUT2D eigenvalue weighted by Gasteiger charge is 2.19. The Kier molecular flexibility index (Phi) is 5.72. The standard InChI is InChI=1S/C9H21N3/c1-5-8-12(7-3)9(10)11(4)6-2/h10H,5-8H2,1-4H3/q+1. The van der Waals surface area contributed by atoms with Crippen LogP contribution < -0.4 is 4.90 Å². The predicted octanol–water partition coefficient (Wildman–Crippen LogP) is 1.44. The third-order valence-corrected chi connectivity index (χ3v) is 2.01. The van der Waals surface area contributed by atoms with Crippen LogP contribution in [0.1, 0.15) is 27.2 Å². The van der Waals surface area contributed by atoms with Gasteiger partial charge < -0.3 is 4.90 Å². The molecule has 0 saturated carbocycles. The summed E-state index contributed by atoms with van der Waals surface area (Å²) >= 11 is 0. The third-order valence-electron chi connectivity index (χ3n) is 2.01. The molecule has 0 aliphatic carbocycles. The lowest BCUT2D eigenvalue weighted by molar-refractivity contribution is 0.398. The van der Waals surface area contributed by atoms with E-state index in [1.54, 1.807) is 0 Å². The number of nitrogens with zero attached hydrogens (tertiary/aromatic N) is 2. The van der Waals surface area contributed by atoms with Gasteiger partial charge in [0, 0.05) is 13.1 Å². The largest absolute Gasteiger partial charge is 0.346 e. The summed E-state index contributed by atoms with van der Waals surface area (Å²) in [5.74, 6) is 0.641. The molecule has 0 heterocycles. The van der Waals surface area contributed by atoms with Crippen LogP contribution in [0.5, 0.6) is 0 Å². The van der Waals surface area contributed by atoms with Gasteiger partial charge in [-0.15, -0.1) is 4.90 Å². The van der Waals surface area contributed by atoms with Crippen LogP contribution in [-0.2, 0) is 0 Å². The molecule has 3 heteroatoms. The van der Waals surface area contributed by atoms with E-state index in [9.17, 15) is 0 Å². The Morgan fingerprint density at radius 3 is 2.25 bits per heavy atom. The SMILES string of the molecule is CCCN(CC)C(=N)[N+](C)CC. The number of hydrogen-bond acceptors (Lipinski definition) is 1. The third kappa shape index (κ3) is 3.22. The van der Waals surface area contributed by atoms with Gasteiger partial charge in [-0.1, -0.05) is 6.92 Å². The molecular formula is C9H21N3+. The fraction of sp³-hybridized carbons (Fsp3) is 0.889. The molecule has 0 aromatic carbocycles. The molecule has 0 rings (SSSR count). The van der Waals surface area contributed by atoms with Gasteiger partial charge in [-0.05, 0) is 20.3 Å². The first-order valence-electron chi connectivity index (χ1n) is 4.71. The lowest BCUT2D eigenvalue weighted by atomic mass is 10.4. The van der Waals surface area contributed by atoms with Gasteiger partial charge in [0.25, 0.3) is 0 Å². The second kappa shape index (κ2) is 6.00. The molecule has 1 radical (unpaired) electrons. The fourth-order valence-electron chi connectivity index (χ4n) is 1.07. The van der Waals surface area contributed by atoms with Crippen molar-refractivity contribution in [1.29, 1.82) is 5.41 Å². The predicted molar refractivity (Wildman–Crippen MR) is 53.9 cm³/mol. The quantitative estimate of drug-likeness (QED) is 0.387. The summed E-state index contributed by atoms with van der Waals surface area (Å²) in [7, 11) is 1.96. The van der Waals surface area contributed by atoms with Gasteiger partial charge in [0.05, 0.1) is 0 Å².